The Labute approximate surface area is 166 Å². The Bertz CT molecular complexity index is 853. The number of hydrogen-bond acceptors (Lipinski definition) is 8. The lowest BCUT2D eigenvalue weighted by Crippen LogP contribution is -2.50. The first-order chi connectivity index (χ1) is 14.1. The smallest absolute Gasteiger partial charge is 0.339 e. The van der Waals surface area contributed by atoms with E-state index < -0.39 is 11.9 Å². The van der Waals surface area contributed by atoms with Crippen LogP contribution in [0.3, 0.4) is 0 Å². The van der Waals surface area contributed by atoms with E-state index in [9.17, 15) is 14.4 Å². The Balaban J connectivity index is 1.47. The second-order valence-electron chi connectivity index (χ2n) is 6.20. The van der Waals surface area contributed by atoms with E-state index >= 15 is 0 Å². The highest BCUT2D eigenvalue weighted by atomic mass is 16.5. The van der Waals surface area contributed by atoms with Gasteiger partial charge in [-0.15, -0.1) is 0 Å². The van der Waals surface area contributed by atoms with Crippen LogP contribution in [0.15, 0.2) is 41.3 Å². The average Bonchev–Trinajstić information content (AvgIpc) is 3.30. The highest BCUT2D eigenvalue weighted by Gasteiger charge is 2.25. The number of hydrogen-bond donors (Lipinski definition) is 1. The molecule has 0 saturated carbocycles. The summed E-state index contributed by atoms with van der Waals surface area (Å²) in [4.78, 5) is 41.3. The highest BCUT2D eigenvalue weighted by molar-refractivity contribution is 5.94. The first-order valence-corrected chi connectivity index (χ1v) is 8.94. The number of esters is 1. The number of carbonyl (C=O) groups is 3. The van der Waals surface area contributed by atoms with Crippen LogP contribution in [-0.2, 0) is 14.3 Å². The number of furan rings is 1. The quantitative estimate of drug-likeness (QED) is 0.664. The Morgan fingerprint density at radius 2 is 2.21 bits per heavy atom. The maximum Gasteiger partial charge on any atom is 0.339 e. The Hall–Kier alpha value is -3.40. The van der Waals surface area contributed by atoms with Gasteiger partial charge in [-0.3, -0.25) is 14.6 Å². The zero-order valence-electron chi connectivity index (χ0n) is 15.8. The van der Waals surface area contributed by atoms with Gasteiger partial charge in [0.15, 0.2) is 5.76 Å². The predicted molar refractivity (Wildman–Crippen MR) is 98.4 cm³/mol. The minimum absolute atomic E-state index is 0.141. The van der Waals surface area contributed by atoms with Crippen LogP contribution in [-0.4, -0.2) is 73.7 Å². The number of nitrogens with zero attached hydrogens (tertiary/aromatic N) is 2. The molecular weight excluding hydrogens is 382 g/mol. The summed E-state index contributed by atoms with van der Waals surface area (Å²) < 4.78 is 20.9. The molecule has 1 aliphatic rings. The molecule has 10 nitrogen and oxygen atoms in total. The molecule has 0 bridgehead atoms. The summed E-state index contributed by atoms with van der Waals surface area (Å²) in [5.74, 6) is -0.646. The third-order valence-corrected chi connectivity index (χ3v) is 4.21. The molecule has 1 atom stereocenters. The minimum atomic E-state index is -0.509. The van der Waals surface area contributed by atoms with Crippen LogP contribution in [0, 0.1) is 0 Å². The number of ether oxygens (including phenoxy) is 3. The van der Waals surface area contributed by atoms with Crippen molar-refractivity contribution in [1.29, 1.82) is 0 Å². The maximum atomic E-state index is 12.4. The molecular formula is C19H21N3O7. The van der Waals surface area contributed by atoms with Gasteiger partial charge in [-0.05, 0) is 18.2 Å². The highest BCUT2D eigenvalue weighted by Crippen LogP contribution is 2.14. The third-order valence-electron chi connectivity index (χ3n) is 4.21. The molecule has 2 aromatic heterocycles. The number of nitrogens with one attached hydrogen (secondary N) is 1. The van der Waals surface area contributed by atoms with Crippen molar-refractivity contribution in [2.45, 2.75) is 6.10 Å². The van der Waals surface area contributed by atoms with Crippen molar-refractivity contribution in [3.05, 3.63) is 48.2 Å². The van der Waals surface area contributed by atoms with Gasteiger partial charge in [-0.1, -0.05) is 0 Å². The van der Waals surface area contributed by atoms with Crippen LogP contribution in [0.1, 0.15) is 20.9 Å². The number of pyridine rings is 1. The Morgan fingerprint density at radius 3 is 2.97 bits per heavy atom. The first-order valence-electron chi connectivity index (χ1n) is 8.94. The third kappa shape index (κ3) is 5.55. The van der Waals surface area contributed by atoms with Crippen LogP contribution in [0.4, 0.5) is 0 Å². The lowest BCUT2D eigenvalue weighted by atomic mass is 10.2. The molecule has 154 valence electrons. The molecule has 1 aliphatic heterocycles. The number of amides is 2. The molecule has 0 spiro atoms. The number of rotatable bonds is 7. The fraction of sp³-hybridized carbons (Fsp3) is 0.368. The van der Waals surface area contributed by atoms with Gasteiger partial charge in [0.1, 0.15) is 18.5 Å². The lowest BCUT2D eigenvalue weighted by molar-refractivity contribution is -0.138. The van der Waals surface area contributed by atoms with E-state index in [0.29, 0.717) is 25.4 Å². The first kappa shape index (κ1) is 20.3. The molecule has 2 amide bonds. The van der Waals surface area contributed by atoms with E-state index in [4.69, 9.17) is 13.9 Å². The summed E-state index contributed by atoms with van der Waals surface area (Å²) in [5.41, 5.74) is 0.277. The molecule has 3 heterocycles. The van der Waals surface area contributed by atoms with E-state index in [0.717, 1.165) is 0 Å². The molecule has 3 rings (SSSR count). The SMILES string of the molecule is COC(=O)c1cncc(OCC2CN(C(=O)CNC(=O)c3ccco3)CCO2)c1. The number of methoxy groups -OCH3 is 1. The van der Waals surface area contributed by atoms with Crippen LogP contribution >= 0.6 is 0 Å². The monoisotopic (exact) mass is 403 g/mol. The number of aromatic nitrogens is 1. The van der Waals surface area contributed by atoms with Crippen molar-refractivity contribution in [3.63, 3.8) is 0 Å². The zero-order chi connectivity index (χ0) is 20.6. The molecule has 1 N–H and O–H groups in total. The summed E-state index contributed by atoms with van der Waals surface area (Å²) in [5, 5.41) is 2.53. The van der Waals surface area contributed by atoms with E-state index in [1.54, 1.807) is 11.0 Å². The summed E-state index contributed by atoms with van der Waals surface area (Å²) >= 11 is 0. The van der Waals surface area contributed by atoms with E-state index in [-0.39, 0.29) is 36.5 Å². The summed E-state index contributed by atoms with van der Waals surface area (Å²) in [7, 11) is 1.29. The van der Waals surface area contributed by atoms with E-state index in [1.165, 1.54) is 37.9 Å². The van der Waals surface area contributed by atoms with E-state index in [1.807, 2.05) is 0 Å². The molecule has 29 heavy (non-hydrogen) atoms. The van der Waals surface area contributed by atoms with Crippen LogP contribution in [0.5, 0.6) is 5.75 Å². The molecule has 0 aromatic carbocycles. The standard InChI is InChI=1S/C19H21N3O7/c1-26-19(25)13-7-14(9-20-8-13)29-12-15-11-22(4-6-27-15)17(23)10-21-18(24)16-3-2-5-28-16/h2-3,5,7-9,15H,4,6,10-12H2,1H3,(H,21,24). The molecule has 0 aliphatic carbocycles. The van der Waals surface area contributed by atoms with E-state index in [2.05, 4.69) is 15.0 Å². The topological polar surface area (TPSA) is 120 Å². The van der Waals surface area contributed by atoms with Gasteiger partial charge in [-0.25, -0.2) is 4.79 Å². The van der Waals surface area contributed by atoms with Crippen LogP contribution in [0.2, 0.25) is 0 Å². The van der Waals surface area contributed by atoms with Gasteiger partial charge in [-0.2, -0.15) is 0 Å². The number of carbonyl (C=O) groups excluding carboxylic acids is 3. The molecule has 1 unspecified atom stereocenters. The van der Waals surface area contributed by atoms with Crippen molar-refractivity contribution >= 4 is 17.8 Å². The zero-order valence-corrected chi connectivity index (χ0v) is 15.8. The summed E-state index contributed by atoms with van der Waals surface area (Å²) in [6, 6.07) is 4.64. The molecule has 2 aromatic rings. The van der Waals surface area contributed by atoms with Gasteiger partial charge >= 0.3 is 5.97 Å². The fourth-order valence-electron chi connectivity index (χ4n) is 2.73. The Kier molecular flexibility index (Phi) is 6.80. The predicted octanol–water partition coefficient (Wildman–Crippen LogP) is 0.497. The van der Waals surface area contributed by atoms with Crippen molar-refractivity contribution < 1.29 is 33.0 Å². The second kappa shape index (κ2) is 9.69. The van der Waals surface area contributed by atoms with Gasteiger partial charge in [0.05, 0.1) is 44.8 Å². The normalized spacial score (nSPS) is 16.2. The lowest BCUT2D eigenvalue weighted by Gasteiger charge is -2.32. The van der Waals surface area contributed by atoms with Crippen molar-refractivity contribution in [2.24, 2.45) is 0 Å². The second-order valence-corrected chi connectivity index (χ2v) is 6.20. The van der Waals surface area contributed by atoms with Gasteiger partial charge < -0.3 is 28.8 Å². The Morgan fingerprint density at radius 1 is 1.34 bits per heavy atom. The van der Waals surface area contributed by atoms with Crippen molar-refractivity contribution in [2.75, 3.05) is 40.0 Å². The molecule has 1 saturated heterocycles. The molecule has 0 radical (unpaired) electrons. The number of morpholine rings is 1. The van der Waals surface area contributed by atoms with Gasteiger partial charge in [0.25, 0.3) is 5.91 Å². The van der Waals surface area contributed by atoms with Crippen molar-refractivity contribution in [3.8, 4) is 5.75 Å². The maximum absolute atomic E-state index is 12.4. The largest absolute Gasteiger partial charge is 0.489 e. The van der Waals surface area contributed by atoms with Gasteiger partial charge in [0.2, 0.25) is 5.91 Å². The minimum Gasteiger partial charge on any atom is -0.489 e. The average molecular weight is 403 g/mol. The van der Waals surface area contributed by atoms with Crippen molar-refractivity contribution in [1.82, 2.24) is 15.2 Å². The summed E-state index contributed by atoms with van der Waals surface area (Å²) in [6.45, 7) is 1.13. The fourth-order valence-corrected chi connectivity index (χ4v) is 2.73. The summed E-state index contributed by atoms with van der Waals surface area (Å²) in [6.07, 6.45) is 3.89. The van der Waals surface area contributed by atoms with Crippen LogP contribution < -0.4 is 10.1 Å². The van der Waals surface area contributed by atoms with Crippen LogP contribution in [0.25, 0.3) is 0 Å². The molecule has 1 fully saturated rings. The van der Waals surface area contributed by atoms with Gasteiger partial charge in [0, 0.05) is 12.7 Å². The molecule has 10 heteroatoms.